The van der Waals surface area contributed by atoms with Gasteiger partial charge in [0.2, 0.25) is 0 Å². The van der Waals surface area contributed by atoms with Crippen LogP contribution >= 0.6 is 0 Å². The van der Waals surface area contributed by atoms with E-state index in [4.69, 9.17) is 9.15 Å². The number of esters is 1. The maximum absolute atomic E-state index is 12.5. The third kappa shape index (κ3) is 4.60. The van der Waals surface area contributed by atoms with Crippen molar-refractivity contribution in [3.63, 3.8) is 0 Å². The van der Waals surface area contributed by atoms with E-state index >= 15 is 0 Å². The molecular weight excluding hydrogens is 442 g/mol. The molecule has 0 spiro atoms. The highest BCUT2D eigenvalue weighted by Crippen LogP contribution is 2.48. The number of aliphatic carboxylic acids is 1. The first-order valence-electron chi connectivity index (χ1n) is 11.6. The minimum Gasteiger partial charge on any atom is -0.481 e. The molecule has 6 heteroatoms. The molecule has 1 heterocycles. The fourth-order valence-electron chi connectivity index (χ4n) is 4.34. The molecule has 0 aliphatic heterocycles. The zero-order valence-corrected chi connectivity index (χ0v) is 19.3. The van der Waals surface area contributed by atoms with Gasteiger partial charge in [0.25, 0.3) is 0 Å². The molecule has 0 saturated heterocycles. The molecule has 1 atom stereocenters. The van der Waals surface area contributed by atoms with Crippen LogP contribution in [-0.2, 0) is 26.2 Å². The molecule has 1 aromatic heterocycles. The second-order valence-corrected chi connectivity index (χ2v) is 8.89. The van der Waals surface area contributed by atoms with Gasteiger partial charge in [0, 0.05) is 5.56 Å². The van der Waals surface area contributed by atoms with Crippen molar-refractivity contribution in [2.24, 2.45) is 0 Å². The maximum Gasteiger partial charge on any atom is 0.314 e. The summed E-state index contributed by atoms with van der Waals surface area (Å²) in [7, 11) is 0. The summed E-state index contributed by atoms with van der Waals surface area (Å²) in [5.41, 5.74) is 4.41. The smallest absolute Gasteiger partial charge is 0.314 e. The summed E-state index contributed by atoms with van der Waals surface area (Å²) in [6, 6.07) is 25.1. The van der Waals surface area contributed by atoms with Gasteiger partial charge in [0.1, 0.15) is 6.10 Å². The number of hydrogen-bond donors (Lipinski definition) is 1. The second-order valence-electron chi connectivity index (χ2n) is 8.89. The number of ether oxygens (including phenoxy) is 1. The fraction of sp³-hybridized carbons (Fsp3) is 0.207. The molecule has 35 heavy (non-hydrogen) atoms. The number of oxazole rings is 1. The SMILES string of the molecule is C[C@@H](OC(=O)Cc1ncoc1-c1ccc(-c2ccc(C3(C(=O)O)CC3)cc2)cc1)c1ccccc1. The first kappa shape index (κ1) is 22.6. The van der Waals surface area contributed by atoms with Gasteiger partial charge in [0.15, 0.2) is 12.2 Å². The molecule has 0 bridgehead atoms. The van der Waals surface area contributed by atoms with E-state index in [-0.39, 0.29) is 18.5 Å². The van der Waals surface area contributed by atoms with Gasteiger partial charge in [-0.2, -0.15) is 0 Å². The highest BCUT2D eigenvalue weighted by Gasteiger charge is 2.51. The van der Waals surface area contributed by atoms with Gasteiger partial charge in [-0.1, -0.05) is 78.9 Å². The van der Waals surface area contributed by atoms with Crippen LogP contribution in [-0.4, -0.2) is 22.0 Å². The standard InChI is InChI=1S/C29H25NO5/c1-19(20-5-3-2-4-6-20)35-26(31)17-25-27(34-18-30-25)23-9-7-21(8-10-23)22-11-13-24(14-12-22)29(15-16-29)28(32)33/h2-14,18-19H,15-17H2,1H3,(H,32,33)/t19-/m1/s1. The van der Waals surface area contributed by atoms with E-state index < -0.39 is 11.4 Å². The van der Waals surface area contributed by atoms with Crippen molar-refractivity contribution >= 4 is 11.9 Å². The fourth-order valence-corrected chi connectivity index (χ4v) is 4.34. The van der Waals surface area contributed by atoms with Crippen molar-refractivity contribution in [1.82, 2.24) is 4.98 Å². The number of aromatic nitrogens is 1. The molecule has 4 aromatic rings. The molecule has 1 aliphatic carbocycles. The lowest BCUT2D eigenvalue weighted by Gasteiger charge is -2.13. The molecule has 1 N–H and O–H groups in total. The third-order valence-corrected chi connectivity index (χ3v) is 6.61. The van der Waals surface area contributed by atoms with Gasteiger partial charge >= 0.3 is 11.9 Å². The average Bonchev–Trinajstić information content (AvgIpc) is 3.58. The van der Waals surface area contributed by atoms with Gasteiger partial charge in [-0.15, -0.1) is 0 Å². The van der Waals surface area contributed by atoms with E-state index in [0.29, 0.717) is 24.3 Å². The Hall–Kier alpha value is -4.19. The van der Waals surface area contributed by atoms with E-state index in [2.05, 4.69) is 4.98 Å². The molecule has 6 nitrogen and oxygen atoms in total. The molecule has 3 aromatic carbocycles. The minimum atomic E-state index is -0.754. The summed E-state index contributed by atoms with van der Waals surface area (Å²) in [5.74, 6) is -0.591. The Kier molecular flexibility index (Phi) is 5.95. The monoisotopic (exact) mass is 467 g/mol. The topological polar surface area (TPSA) is 89.6 Å². The molecule has 0 amide bonds. The molecule has 0 unspecified atom stereocenters. The predicted molar refractivity (Wildman–Crippen MR) is 131 cm³/mol. The van der Waals surface area contributed by atoms with Crippen molar-refractivity contribution in [2.75, 3.05) is 0 Å². The molecule has 1 fully saturated rings. The highest BCUT2D eigenvalue weighted by atomic mass is 16.5. The lowest BCUT2D eigenvalue weighted by Crippen LogP contribution is -2.19. The Morgan fingerprint density at radius 3 is 2.14 bits per heavy atom. The lowest BCUT2D eigenvalue weighted by molar-refractivity contribution is -0.147. The quantitative estimate of drug-likeness (QED) is 0.321. The van der Waals surface area contributed by atoms with Crippen molar-refractivity contribution in [2.45, 2.75) is 37.7 Å². The molecule has 0 radical (unpaired) electrons. The number of carbonyl (C=O) groups is 2. The Bertz CT molecular complexity index is 1340. The van der Waals surface area contributed by atoms with Crippen LogP contribution in [0.3, 0.4) is 0 Å². The molecule has 1 saturated carbocycles. The summed E-state index contributed by atoms with van der Waals surface area (Å²) in [5, 5.41) is 9.49. The van der Waals surface area contributed by atoms with E-state index in [1.807, 2.05) is 85.8 Å². The number of benzene rings is 3. The maximum atomic E-state index is 12.5. The molecular formula is C29H25NO5. The average molecular weight is 468 g/mol. The van der Waals surface area contributed by atoms with E-state index in [0.717, 1.165) is 27.8 Å². The van der Waals surface area contributed by atoms with Crippen LogP contribution in [0.5, 0.6) is 0 Å². The van der Waals surface area contributed by atoms with Crippen LogP contribution in [0.15, 0.2) is 89.7 Å². The van der Waals surface area contributed by atoms with Gasteiger partial charge in [0.05, 0.1) is 17.5 Å². The van der Waals surface area contributed by atoms with E-state index in [1.165, 1.54) is 6.39 Å². The van der Waals surface area contributed by atoms with Gasteiger partial charge in [-0.25, -0.2) is 4.98 Å². The Morgan fingerprint density at radius 2 is 1.54 bits per heavy atom. The van der Waals surface area contributed by atoms with Crippen LogP contribution in [0, 0.1) is 0 Å². The predicted octanol–water partition coefficient (Wildman–Crippen LogP) is 5.97. The molecule has 176 valence electrons. The first-order chi connectivity index (χ1) is 17.0. The van der Waals surface area contributed by atoms with Crippen molar-refractivity contribution in [3.8, 4) is 22.5 Å². The largest absolute Gasteiger partial charge is 0.481 e. The highest BCUT2D eigenvalue weighted by molar-refractivity contribution is 5.85. The molecule has 1 aliphatic rings. The number of hydrogen-bond acceptors (Lipinski definition) is 5. The normalized spacial score (nSPS) is 14.8. The van der Waals surface area contributed by atoms with Crippen molar-refractivity contribution in [1.29, 1.82) is 0 Å². The number of rotatable bonds is 8. The van der Waals surface area contributed by atoms with Crippen LogP contribution < -0.4 is 0 Å². The molecule has 5 rings (SSSR count). The van der Waals surface area contributed by atoms with Crippen molar-refractivity contribution < 1.29 is 23.8 Å². The van der Waals surface area contributed by atoms with E-state index in [9.17, 15) is 14.7 Å². The van der Waals surface area contributed by atoms with Gasteiger partial charge < -0.3 is 14.3 Å². The van der Waals surface area contributed by atoms with Crippen LogP contribution in [0.4, 0.5) is 0 Å². The zero-order valence-electron chi connectivity index (χ0n) is 19.3. The van der Waals surface area contributed by atoms with Crippen LogP contribution in [0.1, 0.15) is 42.7 Å². The summed E-state index contributed by atoms with van der Waals surface area (Å²) < 4.78 is 11.2. The Labute approximate surface area is 203 Å². The van der Waals surface area contributed by atoms with Crippen molar-refractivity contribution in [3.05, 3.63) is 102 Å². The van der Waals surface area contributed by atoms with E-state index in [1.54, 1.807) is 0 Å². The first-order valence-corrected chi connectivity index (χ1v) is 11.6. The zero-order chi connectivity index (χ0) is 24.4. The minimum absolute atomic E-state index is 0.0115. The second kappa shape index (κ2) is 9.22. The summed E-state index contributed by atoms with van der Waals surface area (Å²) in [6.45, 7) is 1.84. The van der Waals surface area contributed by atoms with Gasteiger partial charge in [-0.3, -0.25) is 9.59 Å². The number of carboxylic acid groups (broad SMARTS) is 1. The summed E-state index contributed by atoms with van der Waals surface area (Å²) in [4.78, 5) is 28.3. The van der Waals surface area contributed by atoms with Crippen LogP contribution in [0.2, 0.25) is 0 Å². The summed E-state index contributed by atoms with van der Waals surface area (Å²) >= 11 is 0. The number of carbonyl (C=O) groups excluding carboxylic acids is 1. The number of nitrogens with zero attached hydrogens (tertiary/aromatic N) is 1. The Balaban J connectivity index is 1.27. The summed E-state index contributed by atoms with van der Waals surface area (Å²) in [6.07, 6.45) is 2.37. The van der Waals surface area contributed by atoms with Crippen LogP contribution in [0.25, 0.3) is 22.5 Å². The van der Waals surface area contributed by atoms with Gasteiger partial charge in [-0.05, 0) is 42.0 Å². The third-order valence-electron chi connectivity index (χ3n) is 6.61. The Morgan fingerprint density at radius 1 is 0.943 bits per heavy atom. The number of carboxylic acids is 1. The lowest BCUT2D eigenvalue weighted by atomic mass is 9.93.